The maximum absolute atomic E-state index is 13.2. The highest BCUT2D eigenvalue weighted by molar-refractivity contribution is 7.92. The van der Waals surface area contributed by atoms with Crippen LogP contribution >= 0.6 is 0 Å². The van der Waals surface area contributed by atoms with Crippen molar-refractivity contribution in [3.05, 3.63) is 83.4 Å². The summed E-state index contributed by atoms with van der Waals surface area (Å²) in [5.41, 5.74) is 1.85. The lowest BCUT2D eigenvalue weighted by atomic mass is 10.1. The van der Waals surface area contributed by atoms with Crippen molar-refractivity contribution >= 4 is 27.5 Å². The van der Waals surface area contributed by atoms with E-state index in [0.29, 0.717) is 30.2 Å². The van der Waals surface area contributed by atoms with Gasteiger partial charge in [0.05, 0.1) is 35.9 Å². The highest BCUT2D eigenvalue weighted by Gasteiger charge is 2.31. The molecule has 176 valence electrons. The molecule has 0 unspecified atom stereocenters. The molecule has 0 aliphatic carbocycles. The number of carbonyl (C=O) groups is 2. The SMILES string of the molecule is COc1ccc(C(=O)COC(=O)c2cccc(S(=O)(=O)N3CCc4ccccc43)c2)c(OC)c1. The molecule has 34 heavy (non-hydrogen) atoms. The number of fused-ring (bicyclic) bond motifs is 1. The number of rotatable bonds is 8. The third-order valence-electron chi connectivity index (χ3n) is 5.55. The molecule has 1 aliphatic heterocycles. The summed E-state index contributed by atoms with van der Waals surface area (Å²) in [6.45, 7) is -0.202. The van der Waals surface area contributed by atoms with Gasteiger partial charge in [-0.1, -0.05) is 24.3 Å². The van der Waals surface area contributed by atoms with Crippen LogP contribution in [-0.2, 0) is 21.2 Å². The lowest BCUT2D eigenvalue weighted by Crippen LogP contribution is -2.29. The molecule has 0 spiro atoms. The molecule has 0 N–H and O–H groups in total. The van der Waals surface area contributed by atoms with Gasteiger partial charge in [-0.25, -0.2) is 13.2 Å². The van der Waals surface area contributed by atoms with E-state index in [4.69, 9.17) is 14.2 Å². The molecule has 9 heteroatoms. The number of hydrogen-bond acceptors (Lipinski definition) is 7. The minimum absolute atomic E-state index is 0.0261. The minimum atomic E-state index is -3.87. The fraction of sp³-hybridized carbons (Fsp3) is 0.200. The number of anilines is 1. The number of sulfonamides is 1. The fourth-order valence-corrected chi connectivity index (χ4v) is 5.34. The first kappa shape index (κ1) is 23.3. The van der Waals surface area contributed by atoms with E-state index in [1.165, 1.54) is 48.9 Å². The van der Waals surface area contributed by atoms with Gasteiger partial charge in [-0.2, -0.15) is 0 Å². The van der Waals surface area contributed by atoms with Gasteiger partial charge in [0, 0.05) is 12.6 Å². The molecule has 3 aromatic rings. The van der Waals surface area contributed by atoms with Gasteiger partial charge in [-0.15, -0.1) is 0 Å². The molecule has 0 radical (unpaired) electrons. The Kier molecular flexibility index (Phi) is 6.56. The number of hydrogen-bond donors (Lipinski definition) is 0. The summed E-state index contributed by atoms with van der Waals surface area (Å²) in [6.07, 6.45) is 0.619. The second-order valence-corrected chi connectivity index (χ2v) is 9.41. The fourth-order valence-electron chi connectivity index (χ4n) is 3.79. The molecule has 3 aromatic carbocycles. The van der Waals surface area contributed by atoms with Crippen molar-refractivity contribution < 1.29 is 32.2 Å². The predicted octanol–water partition coefficient (Wildman–Crippen LogP) is 3.49. The van der Waals surface area contributed by atoms with Crippen molar-refractivity contribution in [2.24, 2.45) is 0 Å². The Balaban J connectivity index is 1.49. The zero-order valence-corrected chi connectivity index (χ0v) is 19.5. The Hall–Kier alpha value is -3.85. The number of ether oxygens (including phenoxy) is 3. The molecule has 1 heterocycles. The van der Waals surface area contributed by atoms with Gasteiger partial charge >= 0.3 is 5.97 Å². The smallest absolute Gasteiger partial charge is 0.338 e. The maximum Gasteiger partial charge on any atom is 0.338 e. The lowest BCUT2D eigenvalue weighted by Gasteiger charge is -2.19. The summed E-state index contributed by atoms with van der Waals surface area (Å²) in [5.74, 6) is -0.464. The van der Waals surface area contributed by atoms with Crippen molar-refractivity contribution in [1.29, 1.82) is 0 Å². The van der Waals surface area contributed by atoms with Crippen molar-refractivity contribution in [3.8, 4) is 11.5 Å². The Morgan fingerprint density at radius 1 is 0.941 bits per heavy atom. The first-order valence-corrected chi connectivity index (χ1v) is 11.9. The summed E-state index contributed by atoms with van der Waals surface area (Å²) in [6, 6.07) is 17.6. The van der Waals surface area contributed by atoms with Crippen molar-refractivity contribution in [2.75, 3.05) is 31.7 Å². The van der Waals surface area contributed by atoms with E-state index < -0.39 is 28.4 Å². The third-order valence-corrected chi connectivity index (χ3v) is 7.35. The standard InChI is InChI=1S/C25H23NO7S/c1-31-19-10-11-21(24(15-19)32-2)23(27)16-33-25(28)18-7-5-8-20(14-18)34(29,30)26-13-12-17-6-3-4-9-22(17)26/h3-11,14-15H,12-13,16H2,1-2H3. The normalized spacial score (nSPS) is 12.7. The van der Waals surface area contributed by atoms with Crippen LogP contribution in [0.1, 0.15) is 26.3 Å². The van der Waals surface area contributed by atoms with Gasteiger partial charge < -0.3 is 14.2 Å². The first-order chi connectivity index (χ1) is 16.3. The number of carbonyl (C=O) groups excluding carboxylic acids is 2. The van der Waals surface area contributed by atoms with Crippen LogP contribution in [0.25, 0.3) is 0 Å². The number of methoxy groups -OCH3 is 2. The van der Waals surface area contributed by atoms with Gasteiger partial charge in [0.15, 0.2) is 6.61 Å². The van der Waals surface area contributed by atoms with Crippen LogP contribution in [0.2, 0.25) is 0 Å². The van der Waals surface area contributed by atoms with E-state index in [9.17, 15) is 18.0 Å². The highest BCUT2D eigenvalue weighted by Crippen LogP contribution is 2.33. The van der Waals surface area contributed by atoms with E-state index >= 15 is 0 Å². The second-order valence-electron chi connectivity index (χ2n) is 7.55. The number of benzene rings is 3. The van der Waals surface area contributed by atoms with Crippen LogP contribution in [0.5, 0.6) is 11.5 Å². The average Bonchev–Trinajstić information content (AvgIpc) is 3.32. The van der Waals surface area contributed by atoms with E-state index in [2.05, 4.69) is 0 Å². The third kappa shape index (κ3) is 4.47. The Labute approximate surface area is 197 Å². The van der Waals surface area contributed by atoms with E-state index in [-0.39, 0.29) is 16.0 Å². The monoisotopic (exact) mass is 481 g/mol. The van der Waals surface area contributed by atoms with Crippen molar-refractivity contribution in [1.82, 2.24) is 0 Å². The van der Waals surface area contributed by atoms with E-state index in [1.807, 2.05) is 12.1 Å². The maximum atomic E-state index is 13.2. The zero-order valence-electron chi connectivity index (χ0n) is 18.7. The Morgan fingerprint density at radius 3 is 2.50 bits per heavy atom. The highest BCUT2D eigenvalue weighted by atomic mass is 32.2. The van der Waals surface area contributed by atoms with Crippen LogP contribution in [0.4, 0.5) is 5.69 Å². The molecule has 0 aromatic heterocycles. The summed E-state index contributed by atoms with van der Waals surface area (Å²) in [5, 5.41) is 0. The van der Waals surface area contributed by atoms with Crippen molar-refractivity contribution in [2.45, 2.75) is 11.3 Å². The van der Waals surface area contributed by atoms with Crippen LogP contribution < -0.4 is 13.8 Å². The molecular formula is C25H23NO7S. The zero-order chi connectivity index (χ0) is 24.3. The Morgan fingerprint density at radius 2 is 1.74 bits per heavy atom. The molecule has 8 nitrogen and oxygen atoms in total. The molecule has 0 saturated heterocycles. The average molecular weight is 482 g/mol. The summed E-state index contributed by atoms with van der Waals surface area (Å²) < 4.78 is 43.3. The van der Waals surface area contributed by atoms with Gasteiger partial charge in [-0.3, -0.25) is 9.10 Å². The molecule has 0 bridgehead atoms. The molecule has 4 rings (SSSR count). The van der Waals surface area contributed by atoms with Gasteiger partial charge in [-0.05, 0) is 48.4 Å². The summed E-state index contributed by atoms with van der Waals surface area (Å²) >= 11 is 0. The van der Waals surface area contributed by atoms with Crippen LogP contribution in [0.15, 0.2) is 71.6 Å². The van der Waals surface area contributed by atoms with Gasteiger partial charge in [0.1, 0.15) is 11.5 Å². The van der Waals surface area contributed by atoms with Crippen molar-refractivity contribution in [3.63, 3.8) is 0 Å². The second kappa shape index (κ2) is 9.56. The first-order valence-electron chi connectivity index (χ1n) is 10.5. The Bertz CT molecular complexity index is 1350. The number of ketones is 1. The quantitative estimate of drug-likeness (QED) is 0.359. The lowest BCUT2D eigenvalue weighted by molar-refractivity contribution is 0.0473. The van der Waals surface area contributed by atoms with Crippen LogP contribution in [-0.4, -0.2) is 47.5 Å². The molecular weight excluding hydrogens is 458 g/mol. The summed E-state index contributed by atoms with van der Waals surface area (Å²) in [7, 11) is -0.954. The molecule has 0 fully saturated rings. The topological polar surface area (TPSA) is 99.2 Å². The molecule has 0 atom stereocenters. The minimum Gasteiger partial charge on any atom is -0.497 e. The number of nitrogens with zero attached hydrogens (tertiary/aromatic N) is 1. The van der Waals surface area contributed by atoms with Crippen LogP contribution in [0, 0.1) is 0 Å². The molecule has 1 aliphatic rings. The summed E-state index contributed by atoms with van der Waals surface area (Å²) in [4.78, 5) is 25.2. The predicted molar refractivity (Wildman–Crippen MR) is 125 cm³/mol. The van der Waals surface area contributed by atoms with Gasteiger partial charge in [0.25, 0.3) is 10.0 Å². The van der Waals surface area contributed by atoms with Crippen LogP contribution in [0.3, 0.4) is 0 Å². The number of esters is 1. The molecule has 0 saturated carbocycles. The number of Topliss-reactive ketones (excluding diaryl/α,β-unsaturated/α-hetero) is 1. The molecule has 0 amide bonds. The number of para-hydroxylation sites is 1. The van der Waals surface area contributed by atoms with E-state index in [1.54, 1.807) is 24.3 Å². The largest absolute Gasteiger partial charge is 0.497 e. The van der Waals surface area contributed by atoms with Gasteiger partial charge in [0.2, 0.25) is 5.78 Å². The van der Waals surface area contributed by atoms with E-state index in [0.717, 1.165) is 5.56 Å².